The average molecular weight is 414 g/mol. The molecule has 0 aliphatic rings. The molecule has 0 saturated carbocycles. The molecule has 30 heavy (non-hydrogen) atoms. The van der Waals surface area contributed by atoms with E-state index in [2.05, 4.69) is 53.6 Å². The fraction of sp³-hybridized carbons (Fsp3) is 0.120. The van der Waals surface area contributed by atoms with Crippen molar-refractivity contribution >= 4 is 22.7 Å². The van der Waals surface area contributed by atoms with Gasteiger partial charge in [0.2, 0.25) is 5.13 Å². The van der Waals surface area contributed by atoms with Gasteiger partial charge < -0.3 is 4.74 Å². The van der Waals surface area contributed by atoms with Gasteiger partial charge in [-0.1, -0.05) is 60.7 Å². The number of rotatable bonds is 7. The third-order valence-corrected chi connectivity index (χ3v) is 5.49. The number of anilines is 1. The van der Waals surface area contributed by atoms with E-state index < -0.39 is 0 Å². The summed E-state index contributed by atoms with van der Waals surface area (Å²) < 4.78 is 5.96. The highest BCUT2D eigenvalue weighted by atomic mass is 32.1. The topological polar surface area (TPSA) is 46.5 Å². The Kier molecular flexibility index (Phi) is 6.20. The molecule has 0 aliphatic heterocycles. The first-order valence-electron chi connectivity index (χ1n) is 9.77. The summed E-state index contributed by atoms with van der Waals surface area (Å²) in [5.41, 5.74) is 9.56. The van der Waals surface area contributed by atoms with Crippen LogP contribution in [0.3, 0.4) is 0 Å². The van der Waals surface area contributed by atoms with Gasteiger partial charge in [-0.2, -0.15) is 5.10 Å². The Hall–Kier alpha value is -3.44. The lowest BCUT2D eigenvalue weighted by molar-refractivity contribution is 0.306. The predicted octanol–water partition coefficient (Wildman–Crippen LogP) is 6.45. The van der Waals surface area contributed by atoms with Crippen molar-refractivity contribution in [2.75, 3.05) is 5.43 Å². The minimum Gasteiger partial charge on any atom is -0.489 e. The number of hydrogen-bond acceptors (Lipinski definition) is 5. The van der Waals surface area contributed by atoms with E-state index in [9.17, 15) is 0 Å². The standard InChI is InChI=1S/C25H23N3OS/c1-18-13-22(29-16-20-9-5-3-6-10-20)14-19(2)23(18)15-26-28-25-27-24(17-30-25)21-11-7-4-8-12-21/h3-15,17H,16H2,1-2H3,(H,27,28). The molecule has 0 fully saturated rings. The molecule has 0 amide bonds. The van der Waals surface area contributed by atoms with Crippen LogP contribution in [0.25, 0.3) is 11.3 Å². The van der Waals surface area contributed by atoms with Gasteiger partial charge in [-0.05, 0) is 42.7 Å². The lowest BCUT2D eigenvalue weighted by atomic mass is 10.0. The van der Waals surface area contributed by atoms with Crippen LogP contribution in [-0.2, 0) is 6.61 Å². The van der Waals surface area contributed by atoms with Crippen molar-refractivity contribution in [3.05, 3.63) is 100 Å². The Morgan fingerprint density at radius 1 is 0.967 bits per heavy atom. The monoisotopic (exact) mass is 413 g/mol. The van der Waals surface area contributed by atoms with Crippen LogP contribution in [0.5, 0.6) is 5.75 Å². The minimum atomic E-state index is 0.558. The van der Waals surface area contributed by atoms with Crippen LogP contribution in [0, 0.1) is 13.8 Å². The van der Waals surface area contributed by atoms with E-state index in [4.69, 9.17) is 4.74 Å². The molecule has 4 rings (SSSR count). The molecule has 1 aromatic heterocycles. The fourth-order valence-corrected chi connectivity index (χ4v) is 3.85. The predicted molar refractivity (Wildman–Crippen MR) is 125 cm³/mol. The van der Waals surface area contributed by atoms with E-state index in [0.717, 1.165) is 44.4 Å². The van der Waals surface area contributed by atoms with Gasteiger partial charge in [0.1, 0.15) is 12.4 Å². The third-order valence-electron chi connectivity index (χ3n) is 4.74. The summed E-state index contributed by atoms with van der Waals surface area (Å²) >= 11 is 1.54. The quantitative estimate of drug-likeness (QED) is 0.280. The summed E-state index contributed by atoms with van der Waals surface area (Å²) in [6.07, 6.45) is 1.84. The van der Waals surface area contributed by atoms with E-state index in [-0.39, 0.29) is 0 Å². The van der Waals surface area contributed by atoms with Crippen LogP contribution in [0.15, 0.2) is 83.3 Å². The SMILES string of the molecule is Cc1cc(OCc2ccccc2)cc(C)c1C=NNc1nc(-c2ccccc2)cs1. The van der Waals surface area contributed by atoms with Gasteiger partial charge in [0.05, 0.1) is 11.9 Å². The van der Waals surface area contributed by atoms with E-state index in [0.29, 0.717) is 6.61 Å². The van der Waals surface area contributed by atoms with Crippen molar-refractivity contribution in [1.82, 2.24) is 4.98 Å². The highest BCUT2D eigenvalue weighted by Gasteiger charge is 2.06. The van der Waals surface area contributed by atoms with Crippen molar-refractivity contribution in [3.8, 4) is 17.0 Å². The molecule has 5 heteroatoms. The first-order chi connectivity index (χ1) is 14.7. The van der Waals surface area contributed by atoms with Crippen LogP contribution in [0.2, 0.25) is 0 Å². The van der Waals surface area contributed by atoms with Crippen LogP contribution >= 0.6 is 11.3 Å². The number of hydrogen-bond donors (Lipinski definition) is 1. The third kappa shape index (κ3) is 4.93. The van der Waals surface area contributed by atoms with Gasteiger partial charge in [-0.15, -0.1) is 11.3 Å². The maximum atomic E-state index is 5.96. The number of benzene rings is 3. The largest absolute Gasteiger partial charge is 0.489 e. The fourth-order valence-electron chi connectivity index (χ4n) is 3.18. The number of nitrogens with one attached hydrogen (secondary N) is 1. The van der Waals surface area contributed by atoms with Crippen LogP contribution < -0.4 is 10.2 Å². The van der Waals surface area contributed by atoms with Gasteiger partial charge in [0.25, 0.3) is 0 Å². The van der Waals surface area contributed by atoms with Crippen molar-refractivity contribution in [1.29, 1.82) is 0 Å². The van der Waals surface area contributed by atoms with Crippen molar-refractivity contribution < 1.29 is 4.74 Å². The number of aromatic nitrogens is 1. The molecule has 3 aromatic carbocycles. The summed E-state index contributed by atoms with van der Waals surface area (Å²) in [5, 5.41) is 7.19. The molecule has 0 unspecified atom stereocenters. The zero-order valence-corrected chi connectivity index (χ0v) is 17.8. The molecule has 0 saturated heterocycles. The van der Waals surface area contributed by atoms with Gasteiger partial charge in [-0.25, -0.2) is 4.98 Å². The van der Waals surface area contributed by atoms with Crippen LogP contribution in [0.1, 0.15) is 22.3 Å². The molecule has 0 atom stereocenters. The second kappa shape index (κ2) is 9.37. The van der Waals surface area contributed by atoms with E-state index in [1.165, 1.54) is 11.3 Å². The zero-order chi connectivity index (χ0) is 20.8. The van der Waals surface area contributed by atoms with Crippen LogP contribution in [0.4, 0.5) is 5.13 Å². The maximum absolute atomic E-state index is 5.96. The van der Waals surface area contributed by atoms with Gasteiger partial charge in [-0.3, -0.25) is 5.43 Å². The van der Waals surface area contributed by atoms with E-state index in [1.54, 1.807) is 0 Å². The first-order valence-corrected chi connectivity index (χ1v) is 10.6. The summed E-state index contributed by atoms with van der Waals surface area (Å²) in [6.45, 7) is 4.70. The van der Waals surface area contributed by atoms with Crippen molar-refractivity contribution in [3.63, 3.8) is 0 Å². The molecule has 0 spiro atoms. The highest BCUT2D eigenvalue weighted by Crippen LogP contribution is 2.25. The number of aryl methyl sites for hydroxylation is 2. The molecule has 0 aliphatic carbocycles. The summed E-state index contributed by atoms with van der Waals surface area (Å²) in [6, 6.07) is 24.4. The lowest BCUT2D eigenvalue weighted by Gasteiger charge is -2.11. The lowest BCUT2D eigenvalue weighted by Crippen LogP contribution is -1.99. The molecule has 4 nitrogen and oxygen atoms in total. The molecule has 150 valence electrons. The first kappa shape index (κ1) is 19.9. The van der Waals surface area contributed by atoms with Crippen molar-refractivity contribution in [2.24, 2.45) is 5.10 Å². The van der Waals surface area contributed by atoms with E-state index in [1.807, 2.05) is 60.1 Å². The Balaban J connectivity index is 1.40. The Morgan fingerprint density at radius 3 is 2.33 bits per heavy atom. The molecule has 1 heterocycles. The van der Waals surface area contributed by atoms with Gasteiger partial charge >= 0.3 is 0 Å². The molecule has 4 aromatic rings. The highest BCUT2D eigenvalue weighted by molar-refractivity contribution is 7.14. The smallest absolute Gasteiger partial charge is 0.203 e. The molecule has 0 radical (unpaired) electrons. The Bertz CT molecular complexity index is 1110. The number of ether oxygens (including phenoxy) is 1. The summed E-state index contributed by atoms with van der Waals surface area (Å²) in [4.78, 5) is 4.60. The molecule has 0 bridgehead atoms. The summed E-state index contributed by atoms with van der Waals surface area (Å²) in [7, 11) is 0. The summed E-state index contributed by atoms with van der Waals surface area (Å²) in [5.74, 6) is 0.867. The Morgan fingerprint density at radius 2 is 1.63 bits per heavy atom. The number of nitrogens with zero attached hydrogens (tertiary/aromatic N) is 2. The minimum absolute atomic E-state index is 0.558. The Labute approximate surface area is 180 Å². The van der Waals surface area contributed by atoms with Crippen molar-refractivity contribution in [2.45, 2.75) is 20.5 Å². The molecular formula is C25H23N3OS. The normalized spacial score (nSPS) is 11.0. The van der Waals surface area contributed by atoms with Gasteiger partial charge in [0.15, 0.2) is 0 Å². The number of thiazole rings is 1. The second-order valence-corrected chi connectivity index (χ2v) is 7.88. The zero-order valence-electron chi connectivity index (χ0n) is 17.0. The average Bonchev–Trinajstić information content (AvgIpc) is 3.24. The second-order valence-electron chi connectivity index (χ2n) is 7.02. The maximum Gasteiger partial charge on any atom is 0.203 e. The van der Waals surface area contributed by atoms with E-state index >= 15 is 0 Å². The molecular weight excluding hydrogens is 390 g/mol. The van der Waals surface area contributed by atoms with Crippen LogP contribution in [-0.4, -0.2) is 11.2 Å². The number of hydrazone groups is 1. The van der Waals surface area contributed by atoms with Gasteiger partial charge in [0, 0.05) is 16.5 Å². The molecule has 1 N–H and O–H groups in total.